The highest BCUT2D eigenvalue weighted by molar-refractivity contribution is 14.1. The number of fused-ring (bicyclic) bond motifs is 1. The van der Waals surface area contributed by atoms with E-state index in [1.807, 2.05) is 12.1 Å². The van der Waals surface area contributed by atoms with Crippen LogP contribution in [0.25, 0.3) is 11.0 Å². The van der Waals surface area contributed by atoms with Gasteiger partial charge in [-0.25, -0.2) is 4.79 Å². The summed E-state index contributed by atoms with van der Waals surface area (Å²) in [7, 11) is 1.02. The molecule has 116 valence electrons. The molecular weight excluding hydrogens is 390 g/mol. The molecule has 1 heterocycles. The molecule has 22 heavy (non-hydrogen) atoms. The minimum Gasteiger partial charge on any atom is -0.463 e. The van der Waals surface area contributed by atoms with E-state index in [0.29, 0.717) is 18.1 Å². The molecule has 1 aromatic heterocycles. The Kier molecular flexibility index (Phi) is 5.11. The highest BCUT2D eigenvalue weighted by Gasteiger charge is 2.22. The fraction of sp³-hybridized carbons (Fsp3) is 0.471. The zero-order valence-electron chi connectivity index (χ0n) is 12.9. The van der Waals surface area contributed by atoms with Crippen molar-refractivity contribution in [1.82, 2.24) is 0 Å². The van der Waals surface area contributed by atoms with Crippen LogP contribution in [0.4, 0.5) is 0 Å². The molecule has 5 heteroatoms. The average Bonchev–Trinajstić information content (AvgIpc) is 3.16. The number of hydrogen-bond acceptors (Lipinski definition) is 3. The minimum absolute atomic E-state index is 0.239. The van der Waals surface area contributed by atoms with Crippen LogP contribution in [-0.4, -0.2) is 19.9 Å². The summed E-state index contributed by atoms with van der Waals surface area (Å²) in [4.78, 5) is 12.1. The summed E-state index contributed by atoms with van der Waals surface area (Å²) >= 11 is 2.24. The monoisotopic (exact) mass is 410 g/mol. The number of esters is 1. The molecule has 0 radical (unpaired) electrons. The summed E-state index contributed by atoms with van der Waals surface area (Å²) in [5, 5.41) is 1.01. The zero-order valence-corrected chi connectivity index (χ0v) is 15.0. The number of carbonyl (C=O) groups is 1. The van der Waals surface area contributed by atoms with Crippen molar-refractivity contribution in [2.24, 2.45) is 0 Å². The van der Waals surface area contributed by atoms with Crippen molar-refractivity contribution in [3.63, 3.8) is 0 Å². The fourth-order valence-corrected chi connectivity index (χ4v) is 3.81. The third kappa shape index (κ3) is 3.34. The molecule has 1 saturated carbocycles. The lowest BCUT2D eigenvalue weighted by Gasteiger charge is -2.04. The van der Waals surface area contributed by atoms with Gasteiger partial charge in [0.05, 0.1) is 15.7 Å². The van der Waals surface area contributed by atoms with Gasteiger partial charge in [0, 0.05) is 11.3 Å². The highest BCUT2D eigenvalue weighted by Crippen LogP contribution is 2.38. The molecule has 1 aliphatic rings. The normalized spacial score (nSPS) is 15.4. The number of ether oxygens (including phenoxy) is 1. The van der Waals surface area contributed by atoms with Gasteiger partial charge in [-0.2, -0.15) is 0 Å². The molecule has 1 aliphatic carbocycles. The summed E-state index contributed by atoms with van der Waals surface area (Å²) in [5.41, 5.74) is 1.51. The number of rotatable bonds is 5. The van der Waals surface area contributed by atoms with E-state index in [-0.39, 0.29) is 5.97 Å². The van der Waals surface area contributed by atoms with Crippen molar-refractivity contribution in [2.45, 2.75) is 44.7 Å². The van der Waals surface area contributed by atoms with E-state index in [0.717, 1.165) is 33.9 Å². The topological polar surface area (TPSA) is 39.4 Å². The maximum absolute atomic E-state index is 12.1. The van der Waals surface area contributed by atoms with Crippen LogP contribution in [-0.2, 0) is 4.74 Å². The van der Waals surface area contributed by atoms with Gasteiger partial charge in [-0.15, -0.1) is 0 Å². The third-order valence-corrected chi connectivity index (χ3v) is 5.12. The predicted octanol–water partition coefficient (Wildman–Crippen LogP) is 4.75. The van der Waals surface area contributed by atoms with E-state index in [1.54, 1.807) is 0 Å². The van der Waals surface area contributed by atoms with Gasteiger partial charge in [-0.1, -0.05) is 19.7 Å². The summed E-state index contributed by atoms with van der Waals surface area (Å²) in [5.74, 6) is 1.38. The van der Waals surface area contributed by atoms with E-state index in [1.165, 1.54) is 25.7 Å². The lowest BCUT2D eigenvalue weighted by atomic mass is 9.79. The molecule has 3 rings (SSSR count). The predicted molar refractivity (Wildman–Crippen MR) is 98.2 cm³/mol. The van der Waals surface area contributed by atoms with Gasteiger partial charge in [0.15, 0.2) is 0 Å². The number of benzene rings is 1. The van der Waals surface area contributed by atoms with Crippen LogP contribution in [0.5, 0.6) is 0 Å². The number of carbonyl (C=O) groups excluding carboxylic acids is 1. The second kappa shape index (κ2) is 7.07. The number of halogens is 1. The van der Waals surface area contributed by atoms with Crippen LogP contribution in [0.1, 0.15) is 47.7 Å². The van der Waals surface area contributed by atoms with Crippen LogP contribution in [0.15, 0.2) is 22.6 Å². The van der Waals surface area contributed by atoms with Gasteiger partial charge in [0.1, 0.15) is 18.6 Å². The van der Waals surface area contributed by atoms with E-state index >= 15 is 0 Å². The van der Waals surface area contributed by atoms with Crippen LogP contribution in [0, 0.1) is 3.57 Å². The molecule has 0 aliphatic heterocycles. The quantitative estimate of drug-likeness (QED) is 0.309. The van der Waals surface area contributed by atoms with Crippen molar-refractivity contribution in [3.05, 3.63) is 33.1 Å². The van der Waals surface area contributed by atoms with Crippen molar-refractivity contribution in [1.29, 1.82) is 0 Å². The highest BCUT2D eigenvalue weighted by atomic mass is 127. The van der Waals surface area contributed by atoms with E-state index in [2.05, 4.69) is 35.5 Å². The second-order valence-corrected chi connectivity index (χ2v) is 7.16. The molecule has 0 unspecified atom stereocenters. The van der Waals surface area contributed by atoms with Gasteiger partial charge in [0.2, 0.25) is 0 Å². The van der Waals surface area contributed by atoms with Crippen LogP contribution in [0.3, 0.4) is 0 Å². The Bertz CT molecular complexity index is 674. The summed E-state index contributed by atoms with van der Waals surface area (Å²) < 4.78 is 12.3. The van der Waals surface area contributed by atoms with Crippen molar-refractivity contribution in [3.8, 4) is 0 Å². The summed E-state index contributed by atoms with van der Waals surface area (Å²) in [6, 6.07) is 5.86. The summed E-state index contributed by atoms with van der Waals surface area (Å²) in [6.45, 7) is 2.57. The molecular formula is C17H20BIO3. The zero-order chi connectivity index (χ0) is 15.5. The van der Waals surface area contributed by atoms with Gasteiger partial charge < -0.3 is 9.15 Å². The number of hydrogen-bond donors (Lipinski definition) is 0. The Hall–Kier alpha value is -0.975. The Morgan fingerprint density at radius 2 is 2.14 bits per heavy atom. The fourth-order valence-electron chi connectivity index (χ4n) is 3.05. The lowest BCUT2D eigenvalue weighted by molar-refractivity contribution is 0.0526. The first-order valence-corrected chi connectivity index (χ1v) is 9.17. The smallest absolute Gasteiger partial charge is 0.338 e. The number of furan rings is 1. The minimum atomic E-state index is -0.239. The summed E-state index contributed by atoms with van der Waals surface area (Å²) in [6.07, 6.45) is 5.90. The molecule has 3 nitrogen and oxygen atoms in total. The van der Waals surface area contributed by atoms with Crippen molar-refractivity contribution < 1.29 is 13.9 Å². The van der Waals surface area contributed by atoms with Gasteiger partial charge in [-0.05, 0) is 60.0 Å². The molecule has 0 N–H and O–H groups in total. The van der Waals surface area contributed by atoms with Gasteiger partial charge in [-0.3, -0.25) is 0 Å². The van der Waals surface area contributed by atoms with E-state index < -0.39 is 0 Å². The van der Waals surface area contributed by atoms with Gasteiger partial charge >= 0.3 is 5.97 Å². The molecule has 2 aromatic rings. The van der Waals surface area contributed by atoms with Crippen LogP contribution in [0.2, 0.25) is 13.1 Å². The van der Waals surface area contributed by atoms with Crippen LogP contribution >= 0.6 is 22.6 Å². The van der Waals surface area contributed by atoms with Crippen molar-refractivity contribution in [2.75, 3.05) is 6.61 Å². The SMILES string of the molecule is CBCCOC(=O)c1cc(I)c2oc(C3CCCC3)cc2c1. The van der Waals surface area contributed by atoms with Gasteiger partial charge in [0.25, 0.3) is 0 Å². The first-order chi connectivity index (χ1) is 10.7. The Balaban J connectivity index is 1.85. The molecule has 0 saturated heterocycles. The molecule has 0 spiro atoms. The third-order valence-electron chi connectivity index (χ3n) is 4.31. The Morgan fingerprint density at radius 1 is 1.36 bits per heavy atom. The van der Waals surface area contributed by atoms with Crippen molar-refractivity contribution >= 4 is 46.8 Å². The molecule has 0 amide bonds. The lowest BCUT2D eigenvalue weighted by Crippen LogP contribution is -2.07. The maximum Gasteiger partial charge on any atom is 0.338 e. The first-order valence-electron chi connectivity index (χ1n) is 8.09. The Labute approximate surface area is 145 Å². The van der Waals surface area contributed by atoms with E-state index in [9.17, 15) is 4.79 Å². The molecule has 0 bridgehead atoms. The molecule has 1 fully saturated rings. The second-order valence-electron chi connectivity index (χ2n) is 6.00. The standard InChI is InChI=1S/C17H20BIO3/c1-18-6-7-21-17(20)13-8-12-10-15(11-4-2-3-5-11)22-16(12)14(19)9-13/h8-11,18H,2-7H2,1H3. The van der Waals surface area contributed by atoms with Crippen LogP contribution < -0.4 is 0 Å². The average molecular weight is 410 g/mol. The van der Waals surface area contributed by atoms with E-state index in [4.69, 9.17) is 9.15 Å². The molecule has 0 atom stereocenters. The largest absolute Gasteiger partial charge is 0.463 e. The molecule has 1 aromatic carbocycles. The maximum atomic E-state index is 12.1. The Morgan fingerprint density at radius 3 is 2.86 bits per heavy atom. The first kappa shape index (κ1) is 15.9.